The highest BCUT2D eigenvalue weighted by molar-refractivity contribution is 5.97. The van der Waals surface area contributed by atoms with Crippen LogP contribution in [0, 0.1) is 0 Å². The third-order valence-electron chi connectivity index (χ3n) is 2.23. The number of rotatable bonds is 4. The summed E-state index contributed by atoms with van der Waals surface area (Å²) in [6.07, 6.45) is -2.27. The lowest BCUT2D eigenvalue weighted by Gasteiger charge is -2.22. The highest BCUT2D eigenvalue weighted by Crippen LogP contribution is 2.29. The molecule has 0 unspecified atom stereocenters. The zero-order valence-electron chi connectivity index (χ0n) is 9.60. The van der Waals surface area contributed by atoms with E-state index in [1.807, 2.05) is 0 Å². The van der Waals surface area contributed by atoms with Crippen molar-refractivity contribution in [1.29, 1.82) is 0 Å². The maximum Gasteiger partial charge on any atom is 0.351 e. The molecule has 17 heavy (non-hydrogen) atoms. The van der Waals surface area contributed by atoms with Crippen LogP contribution < -0.4 is 0 Å². The van der Waals surface area contributed by atoms with Gasteiger partial charge < -0.3 is 19.3 Å². The molecule has 7 nitrogen and oxygen atoms in total. The van der Waals surface area contributed by atoms with Gasteiger partial charge >= 0.3 is 17.9 Å². The summed E-state index contributed by atoms with van der Waals surface area (Å²) in [5, 5.41) is 10.00. The molecule has 7 heteroatoms. The van der Waals surface area contributed by atoms with Crippen molar-refractivity contribution in [3.05, 3.63) is 0 Å². The van der Waals surface area contributed by atoms with Gasteiger partial charge in [-0.1, -0.05) is 0 Å². The summed E-state index contributed by atoms with van der Waals surface area (Å²) in [6.45, 7) is 3.16. The summed E-state index contributed by atoms with van der Waals surface area (Å²) in [7, 11) is 0. The Hall–Kier alpha value is -1.63. The van der Waals surface area contributed by atoms with Gasteiger partial charge in [0, 0.05) is 0 Å². The van der Waals surface area contributed by atoms with E-state index in [0.717, 1.165) is 0 Å². The topological polar surface area (TPSA) is 99.1 Å². The highest BCUT2D eigenvalue weighted by atomic mass is 16.6. The average Bonchev–Trinajstić information content (AvgIpc) is 2.56. The average molecular weight is 246 g/mol. The molecule has 2 atom stereocenters. The van der Waals surface area contributed by atoms with E-state index in [4.69, 9.17) is 0 Å². The van der Waals surface area contributed by atoms with E-state index in [2.05, 4.69) is 14.2 Å². The predicted molar refractivity (Wildman–Crippen MR) is 52.7 cm³/mol. The van der Waals surface area contributed by atoms with Gasteiger partial charge in [0.05, 0.1) is 19.6 Å². The van der Waals surface area contributed by atoms with Gasteiger partial charge in [-0.15, -0.1) is 0 Å². The summed E-state index contributed by atoms with van der Waals surface area (Å²) in [5.41, 5.74) is -2.29. The lowest BCUT2D eigenvalue weighted by atomic mass is 9.95. The van der Waals surface area contributed by atoms with Gasteiger partial charge in [0.15, 0.2) is 0 Å². The molecule has 1 aliphatic heterocycles. The van der Waals surface area contributed by atoms with Crippen LogP contribution in [0.3, 0.4) is 0 Å². The summed E-state index contributed by atoms with van der Waals surface area (Å²) in [5.74, 6) is -2.88. The normalized spacial score (nSPS) is 27.5. The minimum Gasteiger partial charge on any atom is -0.464 e. The Labute approximate surface area is 97.6 Å². The molecule has 1 rings (SSSR count). The fraction of sp³-hybridized carbons (Fsp3) is 0.700. The van der Waals surface area contributed by atoms with Gasteiger partial charge in [-0.05, 0) is 13.8 Å². The van der Waals surface area contributed by atoms with Crippen molar-refractivity contribution in [1.82, 2.24) is 0 Å². The van der Waals surface area contributed by atoms with Gasteiger partial charge in [-0.3, -0.25) is 4.79 Å². The van der Waals surface area contributed by atoms with E-state index in [1.54, 1.807) is 6.92 Å². The first-order chi connectivity index (χ1) is 7.95. The molecule has 0 aliphatic carbocycles. The zero-order chi connectivity index (χ0) is 13.1. The molecule has 1 fully saturated rings. The Balaban J connectivity index is 2.90. The van der Waals surface area contributed by atoms with Gasteiger partial charge in [0.1, 0.15) is 0 Å². The third-order valence-corrected chi connectivity index (χ3v) is 2.23. The highest BCUT2D eigenvalue weighted by Gasteiger charge is 2.59. The van der Waals surface area contributed by atoms with E-state index in [1.165, 1.54) is 6.92 Å². The van der Waals surface area contributed by atoms with E-state index in [9.17, 15) is 19.5 Å². The third kappa shape index (κ3) is 2.55. The number of carbonyl (C=O) groups excluding carboxylic acids is 3. The van der Waals surface area contributed by atoms with E-state index in [-0.39, 0.29) is 13.2 Å². The molecule has 0 aromatic carbocycles. The quantitative estimate of drug-likeness (QED) is 0.510. The molecule has 0 aromatic heterocycles. The van der Waals surface area contributed by atoms with Gasteiger partial charge in [0.2, 0.25) is 11.7 Å². The molecule has 1 saturated heterocycles. The standard InChI is InChI=1S/C10H14O7/c1-3-15-8(12)7-10(14,5-6(11)17-7)9(13)16-4-2/h7,14H,3-5H2,1-2H3/t7-,10+/m1/s1. The Morgan fingerprint density at radius 1 is 1.41 bits per heavy atom. The first-order valence-corrected chi connectivity index (χ1v) is 5.21. The van der Waals surface area contributed by atoms with E-state index >= 15 is 0 Å². The molecular weight excluding hydrogens is 232 g/mol. The number of esters is 3. The van der Waals surface area contributed by atoms with Crippen molar-refractivity contribution < 1.29 is 33.7 Å². The van der Waals surface area contributed by atoms with Crippen LogP contribution in [-0.2, 0) is 28.6 Å². The van der Waals surface area contributed by atoms with Crippen LogP contribution in [0.1, 0.15) is 20.3 Å². The lowest BCUT2D eigenvalue weighted by molar-refractivity contribution is -0.183. The molecule has 0 saturated carbocycles. The van der Waals surface area contributed by atoms with Crippen molar-refractivity contribution in [3.8, 4) is 0 Å². The fourth-order valence-corrected chi connectivity index (χ4v) is 1.48. The smallest absolute Gasteiger partial charge is 0.351 e. The first-order valence-electron chi connectivity index (χ1n) is 5.21. The zero-order valence-corrected chi connectivity index (χ0v) is 9.60. The lowest BCUT2D eigenvalue weighted by Crippen LogP contribution is -2.51. The number of aliphatic hydroxyl groups is 1. The molecule has 0 aromatic rings. The second-order valence-corrected chi connectivity index (χ2v) is 3.44. The maximum absolute atomic E-state index is 11.5. The van der Waals surface area contributed by atoms with Crippen molar-refractivity contribution >= 4 is 17.9 Å². The maximum atomic E-state index is 11.5. The van der Waals surface area contributed by atoms with Crippen LogP contribution in [0.15, 0.2) is 0 Å². The van der Waals surface area contributed by atoms with Crippen LogP contribution in [0.4, 0.5) is 0 Å². The number of carbonyl (C=O) groups is 3. The van der Waals surface area contributed by atoms with E-state index < -0.39 is 36.0 Å². The second-order valence-electron chi connectivity index (χ2n) is 3.44. The molecule has 1 aliphatic rings. The minimum absolute atomic E-state index is 0.0187. The largest absolute Gasteiger partial charge is 0.464 e. The van der Waals surface area contributed by atoms with Gasteiger partial charge in [0.25, 0.3) is 0 Å². The SMILES string of the molecule is CCOC(=O)[C@H]1OC(=O)C[C@@]1(O)C(=O)OCC. The molecule has 0 amide bonds. The van der Waals surface area contributed by atoms with Crippen LogP contribution in [0.25, 0.3) is 0 Å². The first kappa shape index (κ1) is 13.4. The molecule has 1 N–H and O–H groups in total. The van der Waals surface area contributed by atoms with E-state index in [0.29, 0.717) is 0 Å². The van der Waals surface area contributed by atoms with Crippen molar-refractivity contribution in [2.24, 2.45) is 0 Å². The van der Waals surface area contributed by atoms with Crippen LogP contribution in [0.2, 0.25) is 0 Å². The van der Waals surface area contributed by atoms with Crippen LogP contribution in [0.5, 0.6) is 0 Å². The molecule has 0 radical (unpaired) electrons. The van der Waals surface area contributed by atoms with Gasteiger partial charge in [-0.2, -0.15) is 0 Å². The minimum atomic E-state index is -2.29. The van der Waals surface area contributed by atoms with Crippen molar-refractivity contribution in [3.63, 3.8) is 0 Å². The monoisotopic (exact) mass is 246 g/mol. The summed E-state index contributed by atoms with van der Waals surface area (Å²) < 4.78 is 13.8. The van der Waals surface area contributed by atoms with Crippen molar-refractivity contribution in [2.45, 2.75) is 32.0 Å². The summed E-state index contributed by atoms with van der Waals surface area (Å²) in [6, 6.07) is 0. The number of cyclic esters (lactones) is 1. The Morgan fingerprint density at radius 2 is 2.00 bits per heavy atom. The predicted octanol–water partition coefficient (Wildman–Crippen LogP) is -0.841. The van der Waals surface area contributed by atoms with Gasteiger partial charge in [-0.25, -0.2) is 9.59 Å². The number of hydrogen-bond donors (Lipinski definition) is 1. The second kappa shape index (κ2) is 5.13. The molecule has 1 heterocycles. The Bertz CT molecular complexity index is 338. The Kier molecular flexibility index (Phi) is 4.06. The number of ether oxygens (including phenoxy) is 3. The molecule has 0 spiro atoms. The fourth-order valence-electron chi connectivity index (χ4n) is 1.48. The molecular formula is C10H14O7. The number of hydrogen-bond acceptors (Lipinski definition) is 7. The molecule has 96 valence electrons. The Morgan fingerprint density at radius 3 is 2.53 bits per heavy atom. The summed E-state index contributed by atoms with van der Waals surface area (Å²) >= 11 is 0. The van der Waals surface area contributed by atoms with Crippen molar-refractivity contribution in [2.75, 3.05) is 13.2 Å². The molecule has 0 bridgehead atoms. The van der Waals surface area contributed by atoms with Crippen LogP contribution in [-0.4, -0.2) is 47.9 Å². The summed E-state index contributed by atoms with van der Waals surface area (Å²) in [4.78, 5) is 34.1. The van der Waals surface area contributed by atoms with Crippen LogP contribution >= 0.6 is 0 Å².